The van der Waals surface area contributed by atoms with Crippen molar-refractivity contribution < 1.29 is 9.13 Å². The van der Waals surface area contributed by atoms with Crippen LogP contribution in [-0.4, -0.2) is 69.4 Å². The second-order valence-electron chi connectivity index (χ2n) is 10.6. The van der Waals surface area contributed by atoms with Crippen molar-refractivity contribution in [2.45, 2.75) is 31.6 Å². The number of aromatic amines is 2. The molecular weight excluding hydrogens is 493 g/mol. The average molecular weight is 526 g/mol. The van der Waals surface area contributed by atoms with Crippen LogP contribution in [0.15, 0.2) is 48.8 Å². The van der Waals surface area contributed by atoms with Crippen molar-refractivity contribution in [1.29, 1.82) is 0 Å². The molecule has 0 aliphatic carbocycles. The molecule has 2 aliphatic heterocycles. The minimum atomic E-state index is -0.338. The van der Waals surface area contributed by atoms with Gasteiger partial charge < -0.3 is 15.0 Å². The minimum absolute atomic E-state index is 0.338. The lowest BCUT2D eigenvalue weighted by atomic mass is 9.93. The minimum Gasteiger partial charge on any atom is -0.492 e. The molecule has 2 aliphatic rings. The summed E-state index contributed by atoms with van der Waals surface area (Å²) in [5.41, 5.74) is 6.05. The Kier molecular flexibility index (Phi) is 6.46. The maximum atomic E-state index is 14.7. The van der Waals surface area contributed by atoms with E-state index in [9.17, 15) is 4.39 Å². The molecule has 0 bridgehead atoms. The van der Waals surface area contributed by atoms with Crippen LogP contribution in [0.2, 0.25) is 0 Å². The van der Waals surface area contributed by atoms with Crippen molar-refractivity contribution >= 4 is 21.8 Å². The molecule has 9 heteroatoms. The SMILES string of the molecule is Fc1cc(OCCN2CCCC2)cc(-c2nccc3[nH]c(-c4n[nH]c5cnc(C6CCNCC6)cc45)cc23)c1. The summed E-state index contributed by atoms with van der Waals surface area (Å²) in [6.45, 7) is 5.65. The lowest BCUT2D eigenvalue weighted by Gasteiger charge is -2.22. The number of benzene rings is 1. The van der Waals surface area contributed by atoms with Gasteiger partial charge in [-0.25, -0.2) is 4.39 Å². The Morgan fingerprint density at radius 1 is 0.949 bits per heavy atom. The third kappa shape index (κ3) is 4.88. The lowest BCUT2D eigenvalue weighted by Crippen LogP contribution is -2.27. The summed E-state index contributed by atoms with van der Waals surface area (Å²) in [5.74, 6) is 0.640. The smallest absolute Gasteiger partial charge is 0.127 e. The first kappa shape index (κ1) is 24.2. The van der Waals surface area contributed by atoms with E-state index in [0.717, 1.165) is 84.5 Å². The molecule has 1 aromatic carbocycles. The molecule has 7 rings (SSSR count). The first-order chi connectivity index (χ1) is 19.2. The van der Waals surface area contributed by atoms with E-state index < -0.39 is 0 Å². The highest BCUT2D eigenvalue weighted by Gasteiger charge is 2.20. The maximum Gasteiger partial charge on any atom is 0.127 e. The van der Waals surface area contributed by atoms with Crippen LogP contribution in [0.5, 0.6) is 5.75 Å². The van der Waals surface area contributed by atoms with E-state index in [1.807, 2.05) is 18.3 Å². The van der Waals surface area contributed by atoms with Crippen molar-refractivity contribution in [2.75, 3.05) is 39.3 Å². The second kappa shape index (κ2) is 10.4. The van der Waals surface area contributed by atoms with Crippen molar-refractivity contribution in [3.8, 4) is 28.4 Å². The number of piperidine rings is 1. The molecule has 4 aromatic heterocycles. The van der Waals surface area contributed by atoms with E-state index in [0.29, 0.717) is 29.5 Å². The predicted molar refractivity (Wildman–Crippen MR) is 150 cm³/mol. The normalized spacial score (nSPS) is 16.9. The van der Waals surface area contributed by atoms with Gasteiger partial charge in [0.2, 0.25) is 0 Å². The molecule has 0 amide bonds. The fourth-order valence-electron chi connectivity index (χ4n) is 5.97. The third-order valence-corrected chi connectivity index (χ3v) is 8.05. The molecule has 0 unspecified atom stereocenters. The van der Waals surface area contributed by atoms with E-state index in [4.69, 9.17) is 9.72 Å². The van der Waals surface area contributed by atoms with Gasteiger partial charge in [-0.15, -0.1) is 0 Å². The van der Waals surface area contributed by atoms with E-state index in [2.05, 4.69) is 42.5 Å². The quantitative estimate of drug-likeness (QED) is 0.269. The van der Waals surface area contributed by atoms with E-state index in [-0.39, 0.29) is 5.82 Å². The number of nitrogens with zero attached hydrogens (tertiary/aromatic N) is 4. The first-order valence-electron chi connectivity index (χ1n) is 13.9. The fraction of sp³-hybridized carbons (Fsp3) is 0.367. The molecule has 3 N–H and O–H groups in total. The van der Waals surface area contributed by atoms with Crippen LogP contribution in [0.1, 0.15) is 37.3 Å². The molecule has 200 valence electrons. The number of H-pyrrole nitrogens is 2. The van der Waals surface area contributed by atoms with Gasteiger partial charge >= 0.3 is 0 Å². The number of hydrogen-bond donors (Lipinski definition) is 3. The monoisotopic (exact) mass is 525 g/mol. The van der Waals surface area contributed by atoms with Crippen LogP contribution in [-0.2, 0) is 0 Å². The molecule has 6 heterocycles. The number of halogens is 1. The summed E-state index contributed by atoms with van der Waals surface area (Å²) in [5, 5.41) is 13.1. The van der Waals surface area contributed by atoms with Crippen LogP contribution in [0.4, 0.5) is 4.39 Å². The number of likely N-dealkylation sites (tertiary alicyclic amines) is 1. The van der Waals surface area contributed by atoms with Gasteiger partial charge in [0.15, 0.2) is 0 Å². The summed E-state index contributed by atoms with van der Waals surface area (Å²) < 4.78 is 20.6. The Morgan fingerprint density at radius 3 is 2.67 bits per heavy atom. The molecule has 8 nitrogen and oxygen atoms in total. The highest BCUT2D eigenvalue weighted by atomic mass is 19.1. The molecule has 0 atom stereocenters. The third-order valence-electron chi connectivity index (χ3n) is 8.05. The van der Waals surface area contributed by atoms with Gasteiger partial charge in [-0.3, -0.25) is 20.0 Å². The number of pyridine rings is 2. The standard InChI is InChI=1S/C30H32FN7O/c31-21-13-20(14-22(15-21)39-12-11-38-9-1-2-10-38)29-23-17-27(35-25(23)5-8-33-29)30-24-16-26(19-3-6-32-7-4-19)34-18-28(24)36-37-30/h5,8,13-19,32,35H,1-4,6-7,9-12H2,(H,36,37). The Bertz CT molecular complexity index is 1610. The van der Waals surface area contributed by atoms with Gasteiger partial charge in [-0.1, -0.05) is 0 Å². The molecule has 5 aromatic rings. The van der Waals surface area contributed by atoms with Gasteiger partial charge in [-0.05, 0) is 82.2 Å². The fourth-order valence-corrected chi connectivity index (χ4v) is 5.97. The Morgan fingerprint density at radius 2 is 1.79 bits per heavy atom. The van der Waals surface area contributed by atoms with Gasteiger partial charge in [0.1, 0.15) is 23.9 Å². The van der Waals surface area contributed by atoms with Crippen LogP contribution in [0.3, 0.4) is 0 Å². The van der Waals surface area contributed by atoms with E-state index in [1.165, 1.54) is 25.0 Å². The Hall–Kier alpha value is -3.82. The zero-order valence-corrected chi connectivity index (χ0v) is 21.8. The lowest BCUT2D eigenvalue weighted by molar-refractivity contribution is 0.237. The van der Waals surface area contributed by atoms with Gasteiger partial charge in [0, 0.05) is 52.3 Å². The summed E-state index contributed by atoms with van der Waals surface area (Å²) in [4.78, 5) is 15.3. The largest absolute Gasteiger partial charge is 0.492 e. The summed E-state index contributed by atoms with van der Waals surface area (Å²) in [6.07, 6.45) is 8.29. The number of fused-ring (bicyclic) bond motifs is 2. The number of rotatable bonds is 7. The predicted octanol–water partition coefficient (Wildman–Crippen LogP) is 5.25. The van der Waals surface area contributed by atoms with E-state index in [1.54, 1.807) is 6.20 Å². The second-order valence-corrected chi connectivity index (χ2v) is 10.6. The Balaban J connectivity index is 1.20. The average Bonchev–Trinajstić information content (AvgIpc) is 3.72. The van der Waals surface area contributed by atoms with Crippen LogP contribution in [0, 0.1) is 5.82 Å². The van der Waals surface area contributed by atoms with Gasteiger partial charge in [0.25, 0.3) is 0 Å². The first-order valence-corrected chi connectivity index (χ1v) is 13.9. The maximum absolute atomic E-state index is 14.7. The number of nitrogens with one attached hydrogen (secondary N) is 3. The molecule has 2 fully saturated rings. The summed E-state index contributed by atoms with van der Waals surface area (Å²) >= 11 is 0. The highest BCUT2D eigenvalue weighted by molar-refractivity contribution is 5.99. The van der Waals surface area contributed by atoms with Gasteiger partial charge in [0.05, 0.1) is 23.1 Å². The molecule has 2 saturated heterocycles. The molecular formula is C30H32FN7O. The zero-order valence-electron chi connectivity index (χ0n) is 21.8. The molecule has 0 saturated carbocycles. The number of aromatic nitrogens is 5. The number of hydrogen-bond acceptors (Lipinski definition) is 6. The van der Waals surface area contributed by atoms with Crippen LogP contribution in [0.25, 0.3) is 44.5 Å². The van der Waals surface area contributed by atoms with Crippen molar-refractivity contribution in [3.63, 3.8) is 0 Å². The van der Waals surface area contributed by atoms with Crippen LogP contribution >= 0.6 is 0 Å². The van der Waals surface area contributed by atoms with Crippen molar-refractivity contribution in [3.05, 3.63) is 60.3 Å². The molecule has 39 heavy (non-hydrogen) atoms. The topological polar surface area (TPSA) is 94.8 Å². The molecule has 0 radical (unpaired) electrons. The van der Waals surface area contributed by atoms with Crippen molar-refractivity contribution in [2.24, 2.45) is 0 Å². The van der Waals surface area contributed by atoms with Crippen LogP contribution < -0.4 is 10.1 Å². The summed E-state index contributed by atoms with van der Waals surface area (Å²) in [6, 6.07) is 11.0. The van der Waals surface area contributed by atoms with Crippen molar-refractivity contribution in [1.82, 2.24) is 35.4 Å². The number of ether oxygens (including phenoxy) is 1. The summed E-state index contributed by atoms with van der Waals surface area (Å²) in [7, 11) is 0. The molecule has 0 spiro atoms. The zero-order chi connectivity index (χ0) is 26.2. The van der Waals surface area contributed by atoms with E-state index >= 15 is 0 Å². The van der Waals surface area contributed by atoms with Gasteiger partial charge in [-0.2, -0.15) is 5.10 Å². The highest BCUT2D eigenvalue weighted by Crippen LogP contribution is 2.35. The Labute approximate surface area is 226 Å².